The molecular weight excluding hydrogens is 454 g/mol. The predicted molar refractivity (Wildman–Crippen MR) is 117 cm³/mol. The Bertz CT molecular complexity index is 1130. The minimum Gasteiger partial charge on any atom is -0.383 e. The van der Waals surface area contributed by atoms with Gasteiger partial charge in [-0.05, 0) is 19.1 Å². The van der Waals surface area contributed by atoms with Gasteiger partial charge in [-0.3, -0.25) is 10.1 Å². The molecule has 0 saturated carbocycles. The van der Waals surface area contributed by atoms with Gasteiger partial charge in [0, 0.05) is 29.0 Å². The summed E-state index contributed by atoms with van der Waals surface area (Å²) in [6, 6.07) is 8.37. The zero-order valence-corrected chi connectivity index (χ0v) is 18.8. The molecule has 7 nitrogen and oxygen atoms in total. The van der Waals surface area contributed by atoms with Crippen LogP contribution in [0, 0.1) is 6.92 Å². The quantitative estimate of drug-likeness (QED) is 0.484. The average Bonchev–Trinajstić information content (AvgIpc) is 3.27. The molecule has 154 valence electrons. The number of benzene rings is 1. The molecule has 0 spiro atoms. The van der Waals surface area contributed by atoms with E-state index < -0.39 is 10.0 Å². The lowest BCUT2D eigenvalue weighted by Gasteiger charge is -2.10. The minimum atomic E-state index is -3.73. The maximum Gasteiger partial charge on any atom is 0.258 e. The van der Waals surface area contributed by atoms with Gasteiger partial charge in [-0.15, -0.1) is 11.3 Å². The van der Waals surface area contributed by atoms with Crippen molar-refractivity contribution in [2.45, 2.75) is 11.8 Å². The Kier molecular flexibility index (Phi) is 7.04. The number of hydrogen-bond acceptors (Lipinski definition) is 7. The van der Waals surface area contributed by atoms with E-state index in [1.165, 1.54) is 30.7 Å². The molecule has 11 heteroatoms. The minimum absolute atomic E-state index is 0.149. The smallest absolute Gasteiger partial charge is 0.258 e. The van der Waals surface area contributed by atoms with Crippen molar-refractivity contribution >= 4 is 55.3 Å². The third-order valence-electron chi connectivity index (χ3n) is 3.90. The number of aromatic nitrogens is 1. The summed E-state index contributed by atoms with van der Waals surface area (Å²) in [6.07, 6.45) is 1.46. The van der Waals surface area contributed by atoms with E-state index in [4.69, 9.17) is 16.3 Å². The molecule has 0 saturated heterocycles. The van der Waals surface area contributed by atoms with Crippen LogP contribution in [-0.4, -0.2) is 39.6 Å². The Hall–Kier alpha value is -1.82. The monoisotopic (exact) mass is 471 g/mol. The fourth-order valence-corrected chi connectivity index (χ4v) is 5.74. The fraction of sp³-hybridized carbons (Fsp3) is 0.222. The number of ether oxygens (including phenoxy) is 1. The van der Waals surface area contributed by atoms with Crippen LogP contribution < -0.4 is 10.0 Å². The van der Waals surface area contributed by atoms with Crippen LogP contribution in [0.4, 0.5) is 5.13 Å². The molecule has 0 aliphatic rings. The molecule has 0 unspecified atom stereocenters. The van der Waals surface area contributed by atoms with Crippen LogP contribution in [0.1, 0.15) is 15.2 Å². The fourth-order valence-electron chi connectivity index (χ4n) is 2.58. The number of hydrogen-bond donors (Lipinski definition) is 2. The Morgan fingerprint density at radius 2 is 2.03 bits per heavy atom. The number of thiazole rings is 1. The molecule has 2 N–H and O–H groups in total. The van der Waals surface area contributed by atoms with Crippen molar-refractivity contribution in [3.05, 3.63) is 51.3 Å². The van der Waals surface area contributed by atoms with E-state index in [-0.39, 0.29) is 24.0 Å². The number of halogens is 1. The molecule has 3 rings (SSSR count). The van der Waals surface area contributed by atoms with E-state index in [9.17, 15) is 13.2 Å². The van der Waals surface area contributed by atoms with Crippen molar-refractivity contribution < 1.29 is 17.9 Å². The van der Waals surface area contributed by atoms with Crippen molar-refractivity contribution in [2.75, 3.05) is 25.6 Å². The third-order valence-corrected chi connectivity index (χ3v) is 7.53. The number of amides is 1. The molecule has 1 amide bonds. The number of thiophene rings is 1. The normalized spacial score (nSPS) is 11.6. The maximum atomic E-state index is 12.7. The van der Waals surface area contributed by atoms with Crippen LogP contribution in [-0.2, 0) is 14.8 Å². The number of nitrogens with zero attached hydrogens (tertiary/aromatic N) is 1. The highest BCUT2D eigenvalue weighted by Gasteiger charge is 2.22. The summed E-state index contributed by atoms with van der Waals surface area (Å²) in [6.45, 7) is 2.25. The van der Waals surface area contributed by atoms with Crippen molar-refractivity contribution in [2.24, 2.45) is 0 Å². The lowest BCUT2D eigenvalue weighted by molar-refractivity contribution is 0.102. The van der Waals surface area contributed by atoms with Gasteiger partial charge in [0.2, 0.25) is 10.0 Å². The first kappa shape index (κ1) is 21.9. The lowest BCUT2D eigenvalue weighted by atomic mass is 10.1. The van der Waals surface area contributed by atoms with Crippen LogP contribution in [0.15, 0.2) is 41.4 Å². The highest BCUT2D eigenvalue weighted by Crippen LogP contribution is 2.35. The number of carbonyl (C=O) groups is 1. The number of nitrogens with one attached hydrogen (secondary N) is 2. The van der Waals surface area contributed by atoms with Crippen molar-refractivity contribution in [1.82, 2.24) is 9.71 Å². The summed E-state index contributed by atoms with van der Waals surface area (Å²) in [5, 5.41) is 3.11. The number of sulfonamides is 1. The van der Waals surface area contributed by atoms with E-state index in [1.807, 2.05) is 6.92 Å². The number of rotatable bonds is 8. The van der Waals surface area contributed by atoms with Crippen molar-refractivity contribution in [3.8, 4) is 10.4 Å². The molecule has 1 aromatic carbocycles. The molecule has 0 aliphatic heterocycles. The van der Waals surface area contributed by atoms with Gasteiger partial charge in [-0.2, -0.15) is 0 Å². The van der Waals surface area contributed by atoms with Crippen molar-refractivity contribution in [1.29, 1.82) is 0 Å². The molecule has 0 aliphatic carbocycles. The Morgan fingerprint density at radius 3 is 2.72 bits per heavy atom. The van der Waals surface area contributed by atoms with Crippen LogP contribution in [0.3, 0.4) is 0 Å². The molecule has 0 bridgehead atoms. The van der Waals surface area contributed by atoms with E-state index >= 15 is 0 Å². The number of methoxy groups -OCH3 is 1. The van der Waals surface area contributed by atoms with Crippen LogP contribution in [0.5, 0.6) is 0 Å². The van der Waals surface area contributed by atoms with Crippen LogP contribution >= 0.6 is 34.3 Å². The van der Waals surface area contributed by atoms with Gasteiger partial charge in [0.1, 0.15) is 4.34 Å². The van der Waals surface area contributed by atoms with E-state index in [2.05, 4.69) is 15.0 Å². The Balaban J connectivity index is 1.91. The molecule has 0 atom stereocenters. The first-order valence-electron chi connectivity index (χ1n) is 8.43. The molecule has 2 heterocycles. The maximum absolute atomic E-state index is 12.7. The number of carbonyl (C=O) groups excluding carboxylic acids is 1. The summed E-state index contributed by atoms with van der Waals surface area (Å²) < 4.78 is 33.3. The summed E-state index contributed by atoms with van der Waals surface area (Å²) >= 11 is 8.36. The predicted octanol–water partition coefficient (Wildman–Crippen LogP) is 4.01. The molecule has 0 radical (unpaired) electrons. The average molecular weight is 472 g/mol. The van der Waals surface area contributed by atoms with Gasteiger partial charge < -0.3 is 4.74 Å². The highest BCUT2D eigenvalue weighted by molar-refractivity contribution is 7.89. The third kappa shape index (κ3) is 5.21. The van der Waals surface area contributed by atoms with E-state index in [0.717, 1.165) is 16.2 Å². The summed E-state index contributed by atoms with van der Waals surface area (Å²) in [7, 11) is -2.22. The Morgan fingerprint density at radius 1 is 1.28 bits per heavy atom. The van der Waals surface area contributed by atoms with Gasteiger partial charge >= 0.3 is 0 Å². The van der Waals surface area contributed by atoms with Gasteiger partial charge in [-0.1, -0.05) is 41.1 Å². The van der Waals surface area contributed by atoms with Gasteiger partial charge in [-0.25, -0.2) is 18.1 Å². The standard InChI is InChI=1S/C18H18ClN3O4S3/c1-11-13(17(23)22-18-20-10-16(19)28-18)9-14(27-11)12-5-3-4-6-15(12)29(24,25)21-7-8-26-2/h3-6,9-10,21H,7-8H2,1-2H3,(H,20,22,23). The van der Waals surface area contributed by atoms with Gasteiger partial charge in [0.05, 0.1) is 23.3 Å². The largest absolute Gasteiger partial charge is 0.383 e. The number of anilines is 1. The first-order valence-corrected chi connectivity index (χ1v) is 11.9. The first-order chi connectivity index (χ1) is 13.8. The van der Waals surface area contributed by atoms with E-state index in [0.29, 0.717) is 25.5 Å². The molecular formula is C18H18ClN3O4S3. The van der Waals surface area contributed by atoms with Gasteiger partial charge in [0.25, 0.3) is 5.91 Å². The van der Waals surface area contributed by atoms with E-state index in [1.54, 1.807) is 24.3 Å². The second-order valence-electron chi connectivity index (χ2n) is 5.89. The van der Waals surface area contributed by atoms with Gasteiger partial charge in [0.15, 0.2) is 5.13 Å². The van der Waals surface area contributed by atoms with Crippen LogP contribution in [0.25, 0.3) is 10.4 Å². The molecule has 2 aromatic heterocycles. The summed E-state index contributed by atoms with van der Waals surface area (Å²) in [5.41, 5.74) is 0.984. The second-order valence-corrected chi connectivity index (χ2v) is 10.5. The lowest BCUT2D eigenvalue weighted by Crippen LogP contribution is -2.27. The molecule has 0 fully saturated rings. The summed E-state index contributed by atoms with van der Waals surface area (Å²) in [4.78, 5) is 18.2. The summed E-state index contributed by atoms with van der Waals surface area (Å²) in [5.74, 6) is -0.324. The topological polar surface area (TPSA) is 97.4 Å². The van der Waals surface area contributed by atoms with Crippen LogP contribution in [0.2, 0.25) is 4.34 Å². The van der Waals surface area contributed by atoms with Crippen molar-refractivity contribution in [3.63, 3.8) is 0 Å². The molecule has 29 heavy (non-hydrogen) atoms. The second kappa shape index (κ2) is 9.33. The highest BCUT2D eigenvalue weighted by atomic mass is 35.5. The zero-order chi connectivity index (χ0) is 21.0. The zero-order valence-electron chi connectivity index (χ0n) is 15.6. The number of aryl methyl sites for hydroxylation is 1. The molecule has 3 aromatic rings. The Labute approximate surface area is 181 Å². The SMILES string of the molecule is COCCNS(=O)(=O)c1ccccc1-c1cc(C(=O)Nc2ncc(Cl)s2)c(C)s1.